The van der Waals surface area contributed by atoms with Gasteiger partial charge in [0.15, 0.2) is 5.78 Å². The van der Waals surface area contributed by atoms with E-state index in [1.54, 1.807) is 38.4 Å². The van der Waals surface area contributed by atoms with Gasteiger partial charge in [0.05, 0.1) is 0 Å². The number of likely N-dealkylation sites (N-methyl/N-ethyl adjacent to an activating group) is 1. The van der Waals surface area contributed by atoms with Crippen LogP contribution >= 0.6 is 0 Å². The average molecular weight is 267 g/mol. The molecule has 0 fully saturated rings. The number of benzene rings is 2. The van der Waals surface area contributed by atoms with Crippen LogP contribution in [0.2, 0.25) is 0 Å². The van der Waals surface area contributed by atoms with Crippen molar-refractivity contribution in [1.82, 2.24) is 4.90 Å². The minimum Gasteiger partial charge on any atom is -0.348 e. The molecule has 0 aliphatic carbocycles. The molecule has 3 heteroatoms. The maximum absolute atomic E-state index is 12.6. The van der Waals surface area contributed by atoms with Crippen molar-refractivity contribution >= 4 is 11.7 Å². The highest BCUT2D eigenvalue weighted by Gasteiger charge is 2.30. The molecule has 1 atom stereocenters. The predicted molar refractivity (Wildman–Crippen MR) is 78.6 cm³/mol. The Labute approximate surface area is 118 Å². The topological polar surface area (TPSA) is 37.4 Å². The maximum Gasteiger partial charge on any atom is 0.237 e. The number of Topliss-reactive ketones (excluding diaryl/α,β-unsaturated/α-hetero) is 1. The zero-order chi connectivity index (χ0) is 14.5. The van der Waals surface area contributed by atoms with E-state index in [0.717, 1.165) is 5.56 Å². The number of hydrogen-bond donors (Lipinski definition) is 0. The molecule has 0 bridgehead atoms. The van der Waals surface area contributed by atoms with E-state index in [9.17, 15) is 9.59 Å². The van der Waals surface area contributed by atoms with E-state index in [2.05, 4.69) is 0 Å². The molecule has 0 saturated heterocycles. The molecule has 0 aromatic heterocycles. The van der Waals surface area contributed by atoms with E-state index < -0.39 is 5.92 Å². The van der Waals surface area contributed by atoms with Gasteiger partial charge in [-0.2, -0.15) is 0 Å². The second kappa shape index (κ2) is 6.15. The van der Waals surface area contributed by atoms with Gasteiger partial charge in [-0.05, 0) is 5.56 Å². The summed E-state index contributed by atoms with van der Waals surface area (Å²) in [5.74, 6) is -1.16. The lowest BCUT2D eigenvalue weighted by molar-refractivity contribution is -0.129. The van der Waals surface area contributed by atoms with E-state index in [1.807, 2.05) is 36.4 Å². The van der Waals surface area contributed by atoms with Crippen LogP contribution in [-0.2, 0) is 4.79 Å². The standard InChI is InChI=1S/C17H17NO2/c1-18(2)17(20)15(13-9-5-3-6-10-13)16(19)14-11-7-4-8-12-14/h3-12,15H,1-2H3. The monoisotopic (exact) mass is 267 g/mol. The van der Waals surface area contributed by atoms with Gasteiger partial charge in [0.25, 0.3) is 0 Å². The molecular formula is C17H17NO2. The van der Waals surface area contributed by atoms with Crippen LogP contribution in [0.15, 0.2) is 60.7 Å². The van der Waals surface area contributed by atoms with Crippen LogP contribution in [0.3, 0.4) is 0 Å². The molecule has 20 heavy (non-hydrogen) atoms. The lowest BCUT2D eigenvalue weighted by atomic mass is 9.89. The number of hydrogen-bond acceptors (Lipinski definition) is 2. The summed E-state index contributed by atoms with van der Waals surface area (Å²) in [4.78, 5) is 26.5. The summed E-state index contributed by atoms with van der Waals surface area (Å²) in [6.07, 6.45) is 0. The SMILES string of the molecule is CN(C)C(=O)C(C(=O)c1ccccc1)c1ccccc1. The summed E-state index contributed by atoms with van der Waals surface area (Å²) >= 11 is 0. The summed E-state index contributed by atoms with van der Waals surface area (Å²) in [5.41, 5.74) is 1.27. The first-order valence-electron chi connectivity index (χ1n) is 6.46. The van der Waals surface area contributed by atoms with Crippen molar-refractivity contribution in [3.8, 4) is 0 Å². The largest absolute Gasteiger partial charge is 0.348 e. The number of amides is 1. The Morgan fingerprint density at radius 1 is 0.850 bits per heavy atom. The number of rotatable bonds is 4. The molecule has 0 spiro atoms. The smallest absolute Gasteiger partial charge is 0.237 e. The van der Waals surface area contributed by atoms with Gasteiger partial charge < -0.3 is 4.90 Å². The van der Waals surface area contributed by atoms with Crippen molar-refractivity contribution in [1.29, 1.82) is 0 Å². The maximum atomic E-state index is 12.6. The van der Waals surface area contributed by atoms with Gasteiger partial charge in [0.1, 0.15) is 5.92 Å². The van der Waals surface area contributed by atoms with Crippen molar-refractivity contribution in [2.75, 3.05) is 14.1 Å². The summed E-state index contributed by atoms with van der Waals surface area (Å²) in [6.45, 7) is 0. The Morgan fingerprint density at radius 2 is 1.35 bits per heavy atom. The fourth-order valence-electron chi connectivity index (χ4n) is 2.08. The predicted octanol–water partition coefficient (Wildman–Crippen LogP) is 2.74. The van der Waals surface area contributed by atoms with Gasteiger partial charge in [-0.15, -0.1) is 0 Å². The van der Waals surface area contributed by atoms with E-state index in [4.69, 9.17) is 0 Å². The van der Waals surface area contributed by atoms with Crippen molar-refractivity contribution in [2.24, 2.45) is 0 Å². The second-order valence-corrected chi connectivity index (χ2v) is 4.81. The third-order valence-electron chi connectivity index (χ3n) is 3.14. The number of ketones is 1. The molecule has 0 aliphatic heterocycles. The van der Waals surface area contributed by atoms with E-state index in [-0.39, 0.29) is 11.7 Å². The highest BCUT2D eigenvalue weighted by molar-refractivity contribution is 6.14. The number of carbonyl (C=O) groups excluding carboxylic acids is 2. The minimum atomic E-state index is -0.784. The van der Waals surface area contributed by atoms with Crippen molar-refractivity contribution in [2.45, 2.75) is 5.92 Å². The Balaban J connectivity index is 2.43. The summed E-state index contributed by atoms with van der Waals surface area (Å²) in [5, 5.41) is 0. The van der Waals surface area contributed by atoms with Gasteiger partial charge in [0, 0.05) is 19.7 Å². The Bertz CT molecular complexity index is 591. The third-order valence-corrected chi connectivity index (χ3v) is 3.14. The first-order chi connectivity index (χ1) is 9.61. The van der Waals surface area contributed by atoms with Gasteiger partial charge in [-0.25, -0.2) is 0 Å². The van der Waals surface area contributed by atoms with Gasteiger partial charge in [-0.3, -0.25) is 9.59 Å². The Morgan fingerprint density at radius 3 is 1.85 bits per heavy atom. The average Bonchev–Trinajstić information content (AvgIpc) is 2.49. The van der Waals surface area contributed by atoms with E-state index >= 15 is 0 Å². The first kappa shape index (κ1) is 14.0. The van der Waals surface area contributed by atoms with Crippen LogP contribution in [0.4, 0.5) is 0 Å². The lowest BCUT2D eigenvalue weighted by Crippen LogP contribution is -2.33. The van der Waals surface area contributed by atoms with Crippen LogP contribution in [0.5, 0.6) is 0 Å². The Hall–Kier alpha value is -2.42. The first-order valence-corrected chi connectivity index (χ1v) is 6.46. The normalized spacial score (nSPS) is 11.7. The molecule has 1 amide bonds. The molecule has 0 aliphatic rings. The van der Waals surface area contributed by atoms with E-state index in [1.165, 1.54) is 4.90 Å². The molecule has 3 nitrogen and oxygen atoms in total. The molecule has 2 aromatic rings. The lowest BCUT2D eigenvalue weighted by Gasteiger charge is -2.20. The van der Waals surface area contributed by atoms with Crippen LogP contribution in [-0.4, -0.2) is 30.7 Å². The molecule has 1 unspecified atom stereocenters. The molecule has 0 heterocycles. The molecule has 102 valence electrons. The zero-order valence-electron chi connectivity index (χ0n) is 11.6. The van der Waals surface area contributed by atoms with Gasteiger partial charge in [-0.1, -0.05) is 60.7 Å². The summed E-state index contributed by atoms with van der Waals surface area (Å²) in [6, 6.07) is 18.1. The third kappa shape index (κ3) is 2.94. The highest BCUT2D eigenvalue weighted by Crippen LogP contribution is 2.22. The van der Waals surface area contributed by atoms with Gasteiger partial charge in [0.2, 0.25) is 5.91 Å². The van der Waals surface area contributed by atoms with Crippen LogP contribution in [0, 0.1) is 0 Å². The zero-order valence-corrected chi connectivity index (χ0v) is 11.6. The van der Waals surface area contributed by atoms with Crippen LogP contribution in [0.25, 0.3) is 0 Å². The van der Waals surface area contributed by atoms with Crippen molar-refractivity contribution in [3.05, 3.63) is 71.8 Å². The van der Waals surface area contributed by atoms with E-state index in [0.29, 0.717) is 5.56 Å². The highest BCUT2D eigenvalue weighted by atomic mass is 16.2. The molecule has 2 aromatic carbocycles. The minimum absolute atomic E-state index is 0.171. The molecule has 0 N–H and O–H groups in total. The number of nitrogens with zero attached hydrogens (tertiary/aromatic N) is 1. The van der Waals surface area contributed by atoms with Crippen molar-refractivity contribution in [3.63, 3.8) is 0 Å². The quantitative estimate of drug-likeness (QED) is 0.631. The molecule has 2 rings (SSSR count). The summed E-state index contributed by atoms with van der Waals surface area (Å²) < 4.78 is 0. The molecule has 0 saturated carbocycles. The Kier molecular flexibility index (Phi) is 4.31. The fourth-order valence-corrected chi connectivity index (χ4v) is 2.08. The van der Waals surface area contributed by atoms with Crippen LogP contribution in [0.1, 0.15) is 21.8 Å². The summed E-state index contributed by atoms with van der Waals surface area (Å²) in [7, 11) is 3.33. The molecule has 0 radical (unpaired) electrons. The fraction of sp³-hybridized carbons (Fsp3) is 0.176. The van der Waals surface area contributed by atoms with Crippen LogP contribution < -0.4 is 0 Å². The second-order valence-electron chi connectivity index (χ2n) is 4.81. The molecular weight excluding hydrogens is 250 g/mol. The van der Waals surface area contributed by atoms with Gasteiger partial charge >= 0.3 is 0 Å². The van der Waals surface area contributed by atoms with Crippen molar-refractivity contribution < 1.29 is 9.59 Å². The number of carbonyl (C=O) groups is 2.